The lowest BCUT2D eigenvalue weighted by molar-refractivity contribution is 0.397. The normalized spacial score (nSPS) is 28.1. The lowest BCUT2D eigenvalue weighted by atomic mass is 9.90. The molecule has 0 aromatic carbocycles. The van der Waals surface area contributed by atoms with Crippen LogP contribution in [0.5, 0.6) is 0 Å². The summed E-state index contributed by atoms with van der Waals surface area (Å²) >= 11 is 0. The Morgan fingerprint density at radius 3 is 2.79 bits per heavy atom. The van der Waals surface area contributed by atoms with E-state index < -0.39 is 0 Å². The van der Waals surface area contributed by atoms with Gasteiger partial charge in [0.05, 0.1) is 0 Å². The van der Waals surface area contributed by atoms with Crippen LogP contribution in [0, 0.1) is 5.92 Å². The molecular formula is C11H17N3. The molecular weight excluding hydrogens is 174 g/mol. The largest absolute Gasteiger partial charge is 0.330 e. The monoisotopic (exact) mass is 191 g/mol. The molecule has 1 fully saturated rings. The summed E-state index contributed by atoms with van der Waals surface area (Å²) in [6.45, 7) is 3.01. The van der Waals surface area contributed by atoms with Crippen LogP contribution < -0.4 is 5.73 Å². The highest BCUT2D eigenvalue weighted by Crippen LogP contribution is 2.30. The van der Waals surface area contributed by atoms with Crippen molar-refractivity contribution in [3.05, 3.63) is 30.1 Å². The van der Waals surface area contributed by atoms with Gasteiger partial charge in [-0.05, 0) is 37.2 Å². The van der Waals surface area contributed by atoms with E-state index in [9.17, 15) is 0 Å². The topological polar surface area (TPSA) is 42.1 Å². The standard InChI is InChI=1S/C11H17N3/c1-14-7-10(6-12)11(8-14)9-2-4-13-5-3-9/h2-5,10-11H,6-8,12H2,1H3. The van der Waals surface area contributed by atoms with Gasteiger partial charge in [0.25, 0.3) is 0 Å². The summed E-state index contributed by atoms with van der Waals surface area (Å²) < 4.78 is 0. The fourth-order valence-electron chi connectivity index (χ4n) is 2.31. The molecule has 2 rings (SSSR count). The molecule has 1 aliphatic heterocycles. The van der Waals surface area contributed by atoms with Crippen LogP contribution >= 0.6 is 0 Å². The second-order valence-corrected chi connectivity index (χ2v) is 4.10. The number of likely N-dealkylation sites (tertiary alicyclic amines) is 1. The fraction of sp³-hybridized carbons (Fsp3) is 0.545. The smallest absolute Gasteiger partial charge is 0.0270 e. The Morgan fingerprint density at radius 1 is 1.43 bits per heavy atom. The molecule has 1 aromatic heterocycles. The lowest BCUT2D eigenvalue weighted by Crippen LogP contribution is -2.21. The molecule has 2 atom stereocenters. The van der Waals surface area contributed by atoms with E-state index in [2.05, 4.69) is 29.1 Å². The Balaban J connectivity index is 2.18. The van der Waals surface area contributed by atoms with Gasteiger partial charge < -0.3 is 10.6 Å². The molecule has 14 heavy (non-hydrogen) atoms. The van der Waals surface area contributed by atoms with Crippen LogP contribution in [0.25, 0.3) is 0 Å². The Labute approximate surface area is 84.9 Å². The quantitative estimate of drug-likeness (QED) is 0.747. The van der Waals surface area contributed by atoms with Crippen LogP contribution in [0.2, 0.25) is 0 Å². The SMILES string of the molecule is CN1CC(CN)C(c2ccncc2)C1. The highest BCUT2D eigenvalue weighted by molar-refractivity contribution is 5.19. The molecule has 0 bridgehead atoms. The van der Waals surface area contributed by atoms with Crippen molar-refractivity contribution >= 4 is 0 Å². The molecule has 3 heteroatoms. The van der Waals surface area contributed by atoms with E-state index in [4.69, 9.17) is 5.73 Å². The third kappa shape index (κ3) is 1.79. The molecule has 0 radical (unpaired) electrons. The van der Waals surface area contributed by atoms with Gasteiger partial charge in [-0.2, -0.15) is 0 Å². The summed E-state index contributed by atoms with van der Waals surface area (Å²) in [5, 5.41) is 0. The molecule has 2 heterocycles. The first-order valence-electron chi connectivity index (χ1n) is 5.10. The average molecular weight is 191 g/mol. The fourth-order valence-corrected chi connectivity index (χ4v) is 2.31. The van der Waals surface area contributed by atoms with Crippen LogP contribution in [-0.4, -0.2) is 36.6 Å². The van der Waals surface area contributed by atoms with Gasteiger partial charge in [0.15, 0.2) is 0 Å². The van der Waals surface area contributed by atoms with Gasteiger partial charge in [0.1, 0.15) is 0 Å². The highest BCUT2D eigenvalue weighted by Gasteiger charge is 2.30. The first-order chi connectivity index (χ1) is 6.81. The van der Waals surface area contributed by atoms with E-state index in [1.54, 1.807) is 0 Å². The number of nitrogens with zero attached hydrogens (tertiary/aromatic N) is 2. The predicted octanol–water partition coefficient (Wildman–Crippen LogP) is 0.685. The van der Waals surface area contributed by atoms with Gasteiger partial charge in [-0.3, -0.25) is 4.98 Å². The van der Waals surface area contributed by atoms with E-state index in [1.807, 2.05) is 12.4 Å². The molecule has 1 aromatic rings. The van der Waals surface area contributed by atoms with Gasteiger partial charge >= 0.3 is 0 Å². The van der Waals surface area contributed by atoms with Crippen molar-refractivity contribution < 1.29 is 0 Å². The Bertz CT molecular complexity index is 286. The maximum Gasteiger partial charge on any atom is 0.0270 e. The molecule has 0 spiro atoms. The molecule has 1 saturated heterocycles. The summed E-state index contributed by atoms with van der Waals surface area (Å²) in [4.78, 5) is 6.39. The number of pyridine rings is 1. The number of likely N-dealkylation sites (N-methyl/N-ethyl adjacent to an activating group) is 1. The second-order valence-electron chi connectivity index (χ2n) is 4.10. The first kappa shape index (κ1) is 9.62. The Morgan fingerprint density at radius 2 is 2.14 bits per heavy atom. The number of hydrogen-bond donors (Lipinski definition) is 1. The maximum atomic E-state index is 5.78. The number of rotatable bonds is 2. The molecule has 0 saturated carbocycles. The highest BCUT2D eigenvalue weighted by atomic mass is 15.1. The zero-order valence-electron chi connectivity index (χ0n) is 8.56. The van der Waals surface area contributed by atoms with Crippen molar-refractivity contribution in [2.75, 3.05) is 26.7 Å². The molecule has 2 unspecified atom stereocenters. The van der Waals surface area contributed by atoms with E-state index >= 15 is 0 Å². The van der Waals surface area contributed by atoms with Crippen molar-refractivity contribution in [1.29, 1.82) is 0 Å². The van der Waals surface area contributed by atoms with Crippen molar-refractivity contribution in [1.82, 2.24) is 9.88 Å². The lowest BCUT2D eigenvalue weighted by Gasteiger charge is -2.16. The summed E-state index contributed by atoms with van der Waals surface area (Å²) in [5.41, 5.74) is 7.16. The summed E-state index contributed by atoms with van der Waals surface area (Å²) in [6.07, 6.45) is 3.72. The number of aromatic nitrogens is 1. The zero-order chi connectivity index (χ0) is 9.97. The van der Waals surface area contributed by atoms with Crippen LogP contribution in [0.15, 0.2) is 24.5 Å². The van der Waals surface area contributed by atoms with Crippen molar-refractivity contribution in [3.63, 3.8) is 0 Å². The van der Waals surface area contributed by atoms with Crippen molar-refractivity contribution in [2.45, 2.75) is 5.92 Å². The third-order valence-corrected chi connectivity index (χ3v) is 3.06. The van der Waals surface area contributed by atoms with Crippen molar-refractivity contribution in [3.8, 4) is 0 Å². The molecule has 3 nitrogen and oxygen atoms in total. The number of nitrogens with two attached hydrogens (primary N) is 1. The van der Waals surface area contributed by atoms with E-state index in [1.165, 1.54) is 5.56 Å². The maximum absolute atomic E-state index is 5.78. The van der Waals surface area contributed by atoms with Crippen LogP contribution in [0.1, 0.15) is 11.5 Å². The number of hydrogen-bond acceptors (Lipinski definition) is 3. The summed E-state index contributed by atoms with van der Waals surface area (Å²) in [7, 11) is 2.16. The molecule has 0 amide bonds. The molecule has 1 aliphatic rings. The molecule has 0 aliphatic carbocycles. The third-order valence-electron chi connectivity index (χ3n) is 3.06. The first-order valence-corrected chi connectivity index (χ1v) is 5.10. The second kappa shape index (κ2) is 4.07. The van der Waals surface area contributed by atoms with Gasteiger partial charge in [0, 0.05) is 31.4 Å². The minimum Gasteiger partial charge on any atom is -0.330 e. The van der Waals surface area contributed by atoms with Crippen LogP contribution in [0.4, 0.5) is 0 Å². The van der Waals surface area contributed by atoms with E-state index in [-0.39, 0.29) is 0 Å². The Hall–Kier alpha value is -0.930. The van der Waals surface area contributed by atoms with Crippen molar-refractivity contribution in [2.24, 2.45) is 11.7 Å². The predicted molar refractivity (Wildman–Crippen MR) is 57.0 cm³/mol. The Kier molecular flexibility index (Phi) is 2.79. The van der Waals surface area contributed by atoms with Gasteiger partial charge in [0.2, 0.25) is 0 Å². The van der Waals surface area contributed by atoms with Gasteiger partial charge in [-0.25, -0.2) is 0 Å². The molecule has 76 valence electrons. The van der Waals surface area contributed by atoms with Crippen LogP contribution in [-0.2, 0) is 0 Å². The zero-order valence-corrected chi connectivity index (χ0v) is 8.56. The minimum absolute atomic E-state index is 0.591. The van der Waals surface area contributed by atoms with Crippen LogP contribution in [0.3, 0.4) is 0 Å². The van der Waals surface area contributed by atoms with Gasteiger partial charge in [-0.1, -0.05) is 0 Å². The summed E-state index contributed by atoms with van der Waals surface area (Å²) in [6, 6.07) is 4.21. The summed E-state index contributed by atoms with van der Waals surface area (Å²) in [5.74, 6) is 1.19. The molecule has 2 N–H and O–H groups in total. The van der Waals surface area contributed by atoms with E-state index in [0.717, 1.165) is 19.6 Å². The van der Waals surface area contributed by atoms with Gasteiger partial charge in [-0.15, -0.1) is 0 Å². The average Bonchev–Trinajstić information content (AvgIpc) is 2.61. The minimum atomic E-state index is 0.591. The van der Waals surface area contributed by atoms with E-state index in [0.29, 0.717) is 11.8 Å².